The number of hydrogen-bond acceptors (Lipinski definition) is 6. The molecule has 7 nitrogen and oxygen atoms in total. The Kier molecular flexibility index (Phi) is 6.73. The Bertz CT molecular complexity index is 758. The van der Waals surface area contributed by atoms with Crippen LogP contribution in [0.25, 0.3) is 10.9 Å². The van der Waals surface area contributed by atoms with Crippen molar-refractivity contribution in [2.24, 2.45) is 0 Å². The molecule has 7 heteroatoms. The summed E-state index contributed by atoms with van der Waals surface area (Å²) >= 11 is 0. The molecule has 1 aliphatic rings. The van der Waals surface area contributed by atoms with E-state index in [0.29, 0.717) is 36.4 Å². The third-order valence-corrected chi connectivity index (χ3v) is 4.59. The quantitative estimate of drug-likeness (QED) is 0.700. The van der Waals surface area contributed by atoms with Crippen LogP contribution >= 0.6 is 0 Å². The molecule has 0 spiro atoms. The minimum Gasteiger partial charge on any atom is -0.389 e. The SMILES string of the molecule is CCN(Cc1nc2ccccc2c(=O)[nH]1)C[C@H](O)COC[C@H]1CCCO1. The molecule has 142 valence electrons. The molecule has 2 heterocycles. The second-order valence-corrected chi connectivity index (χ2v) is 6.68. The molecular weight excluding hydrogens is 334 g/mol. The van der Waals surface area contributed by atoms with Crippen molar-refractivity contribution >= 4 is 10.9 Å². The van der Waals surface area contributed by atoms with Crippen molar-refractivity contribution in [3.63, 3.8) is 0 Å². The summed E-state index contributed by atoms with van der Waals surface area (Å²) in [5.41, 5.74) is 0.546. The number of aliphatic hydroxyl groups excluding tert-OH is 1. The lowest BCUT2D eigenvalue weighted by Gasteiger charge is -2.23. The van der Waals surface area contributed by atoms with E-state index in [9.17, 15) is 9.90 Å². The monoisotopic (exact) mass is 361 g/mol. The van der Waals surface area contributed by atoms with E-state index in [1.165, 1.54) is 0 Å². The maximum absolute atomic E-state index is 12.2. The van der Waals surface area contributed by atoms with Crippen LogP contribution < -0.4 is 5.56 Å². The van der Waals surface area contributed by atoms with Gasteiger partial charge >= 0.3 is 0 Å². The lowest BCUT2D eigenvalue weighted by Crippen LogP contribution is -2.36. The Morgan fingerprint density at radius 3 is 3.08 bits per heavy atom. The van der Waals surface area contributed by atoms with Gasteiger partial charge in [0, 0.05) is 13.2 Å². The maximum atomic E-state index is 12.2. The number of nitrogens with one attached hydrogen (secondary N) is 1. The fourth-order valence-electron chi connectivity index (χ4n) is 3.19. The Hall–Kier alpha value is -1.80. The Morgan fingerprint density at radius 2 is 2.31 bits per heavy atom. The topological polar surface area (TPSA) is 87.7 Å². The smallest absolute Gasteiger partial charge is 0.258 e. The van der Waals surface area contributed by atoms with Crippen molar-refractivity contribution in [2.75, 3.05) is 32.9 Å². The summed E-state index contributed by atoms with van der Waals surface area (Å²) < 4.78 is 11.1. The average molecular weight is 361 g/mol. The molecule has 0 aliphatic carbocycles. The number of aliphatic hydroxyl groups is 1. The van der Waals surface area contributed by atoms with E-state index in [1.807, 2.05) is 30.0 Å². The van der Waals surface area contributed by atoms with Gasteiger partial charge in [-0.3, -0.25) is 9.69 Å². The molecule has 26 heavy (non-hydrogen) atoms. The van der Waals surface area contributed by atoms with Gasteiger partial charge in [-0.25, -0.2) is 4.98 Å². The first-order valence-electron chi connectivity index (χ1n) is 9.23. The molecule has 1 aliphatic heterocycles. The van der Waals surface area contributed by atoms with Gasteiger partial charge in [0.15, 0.2) is 0 Å². The van der Waals surface area contributed by atoms with Gasteiger partial charge in [0.05, 0.1) is 42.9 Å². The largest absolute Gasteiger partial charge is 0.389 e. The van der Waals surface area contributed by atoms with Crippen LogP contribution in [0.1, 0.15) is 25.6 Å². The zero-order valence-corrected chi connectivity index (χ0v) is 15.2. The first-order chi connectivity index (χ1) is 12.7. The fourth-order valence-corrected chi connectivity index (χ4v) is 3.19. The van der Waals surface area contributed by atoms with E-state index >= 15 is 0 Å². The zero-order chi connectivity index (χ0) is 18.4. The molecule has 3 rings (SSSR count). The van der Waals surface area contributed by atoms with Crippen LogP contribution in [-0.2, 0) is 16.0 Å². The molecule has 2 atom stereocenters. The standard InChI is InChI=1S/C19H27N3O4/c1-2-22(10-14(23)12-25-13-15-6-5-9-26-15)11-18-20-17-8-4-3-7-16(17)19(24)21-18/h3-4,7-8,14-15,23H,2,5-6,9-13H2,1H3,(H,20,21,24)/t14-,15+/m0/s1. The summed E-state index contributed by atoms with van der Waals surface area (Å²) in [6.07, 6.45) is 1.68. The van der Waals surface area contributed by atoms with E-state index in [0.717, 1.165) is 26.0 Å². The predicted octanol–water partition coefficient (Wildman–Crippen LogP) is 1.30. The van der Waals surface area contributed by atoms with Crippen LogP contribution in [-0.4, -0.2) is 65.1 Å². The summed E-state index contributed by atoms with van der Waals surface area (Å²) in [4.78, 5) is 21.5. The number of likely N-dealkylation sites (N-methyl/N-ethyl adjacent to an activating group) is 1. The van der Waals surface area contributed by atoms with Crippen molar-refractivity contribution in [2.45, 2.75) is 38.5 Å². The zero-order valence-electron chi connectivity index (χ0n) is 15.2. The van der Waals surface area contributed by atoms with E-state index < -0.39 is 6.10 Å². The summed E-state index contributed by atoms with van der Waals surface area (Å²) in [5.74, 6) is 0.600. The van der Waals surface area contributed by atoms with Crippen LogP contribution in [0.5, 0.6) is 0 Å². The lowest BCUT2D eigenvalue weighted by molar-refractivity contribution is -0.0255. The second-order valence-electron chi connectivity index (χ2n) is 6.68. The highest BCUT2D eigenvalue weighted by Crippen LogP contribution is 2.12. The summed E-state index contributed by atoms with van der Waals surface area (Å²) in [7, 11) is 0. The summed E-state index contributed by atoms with van der Waals surface area (Å²) in [6.45, 7) is 5.29. The normalized spacial score (nSPS) is 18.7. The van der Waals surface area contributed by atoms with Crippen LogP contribution in [0, 0.1) is 0 Å². The molecule has 0 radical (unpaired) electrons. The Balaban J connectivity index is 1.52. The number of aromatic nitrogens is 2. The lowest BCUT2D eigenvalue weighted by atomic mass is 10.2. The van der Waals surface area contributed by atoms with Gasteiger partial charge < -0.3 is 19.6 Å². The van der Waals surface area contributed by atoms with Crippen molar-refractivity contribution < 1.29 is 14.6 Å². The van der Waals surface area contributed by atoms with E-state index in [1.54, 1.807) is 6.07 Å². The molecule has 2 aromatic rings. The van der Waals surface area contributed by atoms with Gasteiger partial charge in [-0.15, -0.1) is 0 Å². The first kappa shape index (κ1) is 19.0. The van der Waals surface area contributed by atoms with Crippen LogP contribution in [0.4, 0.5) is 0 Å². The van der Waals surface area contributed by atoms with Crippen molar-refractivity contribution in [1.29, 1.82) is 0 Å². The van der Waals surface area contributed by atoms with Crippen molar-refractivity contribution in [3.8, 4) is 0 Å². The van der Waals surface area contributed by atoms with Gasteiger partial charge in [-0.05, 0) is 31.5 Å². The van der Waals surface area contributed by atoms with Crippen LogP contribution in [0.3, 0.4) is 0 Å². The molecule has 1 saturated heterocycles. The number of aromatic amines is 1. The molecule has 0 amide bonds. The van der Waals surface area contributed by atoms with E-state index in [4.69, 9.17) is 9.47 Å². The summed E-state index contributed by atoms with van der Waals surface area (Å²) in [5, 5.41) is 10.8. The van der Waals surface area contributed by atoms with Gasteiger partial charge in [0.1, 0.15) is 5.82 Å². The molecule has 1 fully saturated rings. The predicted molar refractivity (Wildman–Crippen MR) is 99.1 cm³/mol. The number of ether oxygens (including phenoxy) is 2. The fraction of sp³-hybridized carbons (Fsp3) is 0.579. The highest BCUT2D eigenvalue weighted by molar-refractivity contribution is 5.77. The number of H-pyrrole nitrogens is 1. The average Bonchev–Trinajstić information content (AvgIpc) is 3.14. The number of hydrogen-bond donors (Lipinski definition) is 2. The van der Waals surface area contributed by atoms with E-state index in [-0.39, 0.29) is 18.3 Å². The molecule has 0 unspecified atom stereocenters. The van der Waals surface area contributed by atoms with Gasteiger partial charge in [-0.1, -0.05) is 19.1 Å². The molecule has 2 N–H and O–H groups in total. The highest BCUT2D eigenvalue weighted by Gasteiger charge is 2.17. The van der Waals surface area contributed by atoms with Gasteiger partial charge in [-0.2, -0.15) is 0 Å². The number of para-hydroxylation sites is 1. The van der Waals surface area contributed by atoms with Crippen LogP contribution in [0.15, 0.2) is 29.1 Å². The maximum Gasteiger partial charge on any atom is 0.258 e. The Morgan fingerprint density at radius 1 is 1.46 bits per heavy atom. The second kappa shape index (κ2) is 9.23. The molecule has 0 saturated carbocycles. The number of benzene rings is 1. The number of nitrogens with zero attached hydrogens (tertiary/aromatic N) is 2. The third-order valence-electron chi connectivity index (χ3n) is 4.59. The third kappa shape index (κ3) is 5.11. The number of rotatable bonds is 9. The summed E-state index contributed by atoms with van der Waals surface area (Å²) in [6, 6.07) is 7.28. The van der Waals surface area contributed by atoms with Crippen molar-refractivity contribution in [3.05, 3.63) is 40.4 Å². The Labute approximate surface area is 153 Å². The number of fused-ring (bicyclic) bond motifs is 1. The van der Waals surface area contributed by atoms with Gasteiger partial charge in [0.2, 0.25) is 0 Å². The van der Waals surface area contributed by atoms with Crippen molar-refractivity contribution in [1.82, 2.24) is 14.9 Å². The molecular formula is C19H27N3O4. The molecule has 0 bridgehead atoms. The minimum atomic E-state index is -0.594. The van der Waals surface area contributed by atoms with Gasteiger partial charge in [0.25, 0.3) is 5.56 Å². The van der Waals surface area contributed by atoms with Crippen LogP contribution in [0.2, 0.25) is 0 Å². The first-order valence-corrected chi connectivity index (χ1v) is 9.23. The highest BCUT2D eigenvalue weighted by atomic mass is 16.5. The molecule has 1 aromatic carbocycles. The van der Waals surface area contributed by atoms with E-state index in [2.05, 4.69) is 9.97 Å². The minimum absolute atomic E-state index is 0.137. The molecule has 1 aromatic heterocycles.